The Kier molecular flexibility index (Phi) is 4.26. The number of hydrogen-bond acceptors (Lipinski definition) is 4. The molecular weight excluding hydrogens is 224 g/mol. The van der Waals surface area contributed by atoms with Gasteiger partial charge < -0.3 is 0 Å². The summed E-state index contributed by atoms with van der Waals surface area (Å²) in [5, 5.41) is 12.9. The molecular formula is C14H26N4. The van der Waals surface area contributed by atoms with Crippen LogP contribution in [0.4, 0.5) is 0 Å². The maximum absolute atomic E-state index is 9.38. The van der Waals surface area contributed by atoms with E-state index in [1.165, 1.54) is 12.8 Å². The summed E-state index contributed by atoms with van der Waals surface area (Å²) in [5.74, 6) is 0. The maximum Gasteiger partial charge on any atom is 0.116 e. The second-order valence-corrected chi connectivity index (χ2v) is 6.27. The summed E-state index contributed by atoms with van der Waals surface area (Å²) in [6, 6.07) is 3.69. The van der Waals surface area contributed by atoms with Crippen LogP contribution in [0.5, 0.6) is 0 Å². The molecule has 2 rings (SSSR count). The Morgan fingerprint density at radius 1 is 1.28 bits per heavy atom. The summed E-state index contributed by atoms with van der Waals surface area (Å²) in [4.78, 5) is 4.94. The zero-order valence-electron chi connectivity index (χ0n) is 11.9. The van der Waals surface area contributed by atoms with Crippen molar-refractivity contribution in [3.63, 3.8) is 0 Å². The number of nitrogens with zero attached hydrogens (tertiary/aromatic N) is 3. The van der Waals surface area contributed by atoms with Gasteiger partial charge in [-0.05, 0) is 33.6 Å². The molecule has 0 aromatic rings. The van der Waals surface area contributed by atoms with E-state index >= 15 is 0 Å². The normalized spacial score (nSPS) is 25.9. The monoisotopic (exact) mass is 250 g/mol. The largest absolute Gasteiger partial charge is 0.298 e. The summed E-state index contributed by atoms with van der Waals surface area (Å²) in [5.41, 5.74) is -0.374. The first-order valence-corrected chi connectivity index (χ1v) is 7.18. The van der Waals surface area contributed by atoms with Crippen molar-refractivity contribution < 1.29 is 0 Å². The summed E-state index contributed by atoms with van der Waals surface area (Å²) in [6.45, 7) is 11.8. The fourth-order valence-corrected chi connectivity index (χ4v) is 2.68. The molecule has 2 aliphatic rings. The summed E-state index contributed by atoms with van der Waals surface area (Å²) >= 11 is 0. The molecule has 1 saturated heterocycles. The van der Waals surface area contributed by atoms with E-state index in [1.54, 1.807) is 0 Å². The third kappa shape index (κ3) is 3.68. The van der Waals surface area contributed by atoms with Gasteiger partial charge in [0.15, 0.2) is 0 Å². The molecule has 1 saturated carbocycles. The van der Waals surface area contributed by atoms with E-state index in [2.05, 4.69) is 35.0 Å². The fourth-order valence-electron chi connectivity index (χ4n) is 2.68. The van der Waals surface area contributed by atoms with Gasteiger partial charge in [-0.3, -0.25) is 15.1 Å². The van der Waals surface area contributed by atoms with Crippen molar-refractivity contribution in [1.82, 2.24) is 15.1 Å². The van der Waals surface area contributed by atoms with E-state index in [9.17, 15) is 5.26 Å². The lowest BCUT2D eigenvalue weighted by Crippen LogP contribution is -2.56. The zero-order chi connectivity index (χ0) is 13.2. The molecule has 0 aromatic heterocycles. The van der Waals surface area contributed by atoms with E-state index in [0.29, 0.717) is 12.1 Å². The second-order valence-electron chi connectivity index (χ2n) is 6.27. The van der Waals surface area contributed by atoms with Gasteiger partial charge in [0, 0.05) is 44.8 Å². The molecule has 18 heavy (non-hydrogen) atoms. The lowest BCUT2D eigenvalue weighted by Gasteiger charge is -2.39. The zero-order valence-corrected chi connectivity index (χ0v) is 11.9. The van der Waals surface area contributed by atoms with E-state index in [4.69, 9.17) is 0 Å². The molecule has 1 unspecified atom stereocenters. The first-order valence-electron chi connectivity index (χ1n) is 7.18. The van der Waals surface area contributed by atoms with Crippen LogP contribution in [0.25, 0.3) is 0 Å². The molecule has 4 nitrogen and oxygen atoms in total. The molecule has 1 heterocycles. The van der Waals surface area contributed by atoms with Crippen molar-refractivity contribution in [2.24, 2.45) is 0 Å². The quantitative estimate of drug-likeness (QED) is 0.792. The van der Waals surface area contributed by atoms with Crippen molar-refractivity contribution in [2.75, 3.05) is 32.7 Å². The number of piperazine rings is 1. The van der Waals surface area contributed by atoms with E-state index in [-0.39, 0.29) is 5.54 Å². The minimum absolute atomic E-state index is 0.374. The van der Waals surface area contributed by atoms with Gasteiger partial charge in [0.25, 0.3) is 0 Å². The number of hydrogen-bond donors (Lipinski definition) is 1. The molecule has 1 atom stereocenters. The highest BCUT2D eigenvalue weighted by molar-refractivity contribution is 5.09. The van der Waals surface area contributed by atoms with E-state index < -0.39 is 0 Å². The Hall–Kier alpha value is -0.630. The lowest BCUT2D eigenvalue weighted by atomic mass is 10.0. The maximum atomic E-state index is 9.38. The minimum atomic E-state index is -0.374. The van der Waals surface area contributed by atoms with Crippen molar-refractivity contribution in [2.45, 2.75) is 51.2 Å². The predicted molar refractivity (Wildman–Crippen MR) is 73.3 cm³/mol. The van der Waals surface area contributed by atoms with E-state index in [0.717, 1.165) is 32.7 Å². The van der Waals surface area contributed by atoms with Crippen LogP contribution in [0.1, 0.15) is 33.6 Å². The van der Waals surface area contributed by atoms with Gasteiger partial charge in [-0.15, -0.1) is 0 Å². The molecule has 1 aliphatic carbocycles. The predicted octanol–water partition coefficient (Wildman–Crippen LogP) is 1.05. The number of rotatable bonds is 5. The summed E-state index contributed by atoms with van der Waals surface area (Å²) in [6.07, 6.45) is 2.47. The highest BCUT2D eigenvalue weighted by Crippen LogP contribution is 2.23. The third-order valence-corrected chi connectivity index (χ3v) is 4.02. The molecule has 0 amide bonds. The average Bonchev–Trinajstić information content (AvgIpc) is 3.13. The molecule has 102 valence electrons. The highest BCUT2D eigenvalue weighted by Gasteiger charge is 2.34. The van der Waals surface area contributed by atoms with Crippen LogP contribution in [-0.2, 0) is 0 Å². The molecule has 0 bridgehead atoms. The first kappa shape index (κ1) is 13.8. The Balaban J connectivity index is 1.80. The van der Waals surface area contributed by atoms with Crippen molar-refractivity contribution >= 4 is 0 Å². The molecule has 2 fully saturated rings. The topological polar surface area (TPSA) is 42.3 Å². The molecule has 0 radical (unpaired) electrons. The Bertz CT molecular complexity index is 310. The average molecular weight is 250 g/mol. The molecule has 4 heteroatoms. The van der Waals surface area contributed by atoms with Gasteiger partial charge in [0.1, 0.15) is 5.54 Å². The Morgan fingerprint density at radius 3 is 2.33 bits per heavy atom. The van der Waals surface area contributed by atoms with Gasteiger partial charge in [-0.2, -0.15) is 5.26 Å². The molecule has 1 N–H and O–H groups in total. The molecule has 1 aliphatic heterocycles. The van der Waals surface area contributed by atoms with Crippen LogP contribution in [-0.4, -0.2) is 60.1 Å². The summed E-state index contributed by atoms with van der Waals surface area (Å²) in [7, 11) is 0. The van der Waals surface area contributed by atoms with Gasteiger partial charge in [-0.1, -0.05) is 0 Å². The standard InChI is InChI=1S/C14H26N4/c1-12(2)18-8-6-17(7-9-18)11-14(3,10-15)16-13-4-5-13/h12-13,16H,4-9,11H2,1-3H3. The van der Waals surface area contributed by atoms with Crippen LogP contribution >= 0.6 is 0 Å². The van der Waals surface area contributed by atoms with Crippen molar-refractivity contribution in [3.05, 3.63) is 0 Å². The van der Waals surface area contributed by atoms with Crippen LogP contribution in [0.2, 0.25) is 0 Å². The van der Waals surface area contributed by atoms with Crippen LogP contribution < -0.4 is 5.32 Å². The minimum Gasteiger partial charge on any atom is -0.298 e. The highest BCUT2D eigenvalue weighted by atomic mass is 15.3. The van der Waals surface area contributed by atoms with E-state index in [1.807, 2.05) is 6.92 Å². The van der Waals surface area contributed by atoms with Crippen molar-refractivity contribution in [3.8, 4) is 6.07 Å². The fraction of sp³-hybridized carbons (Fsp3) is 0.929. The van der Waals surface area contributed by atoms with Gasteiger partial charge in [-0.25, -0.2) is 0 Å². The second kappa shape index (κ2) is 5.56. The Morgan fingerprint density at radius 2 is 1.89 bits per heavy atom. The van der Waals surface area contributed by atoms with Crippen LogP contribution in [0.15, 0.2) is 0 Å². The van der Waals surface area contributed by atoms with Crippen LogP contribution in [0.3, 0.4) is 0 Å². The lowest BCUT2D eigenvalue weighted by molar-refractivity contribution is 0.0949. The first-order chi connectivity index (χ1) is 8.52. The number of nitrogens with one attached hydrogen (secondary N) is 1. The third-order valence-electron chi connectivity index (χ3n) is 4.02. The molecule has 0 aromatic carbocycles. The Labute approximate surface area is 111 Å². The SMILES string of the molecule is CC(C)N1CCN(CC(C)(C#N)NC2CC2)CC1. The smallest absolute Gasteiger partial charge is 0.116 e. The van der Waals surface area contributed by atoms with Crippen LogP contribution in [0, 0.1) is 11.3 Å². The van der Waals surface area contributed by atoms with Gasteiger partial charge in [0.2, 0.25) is 0 Å². The van der Waals surface area contributed by atoms with Gasteiger partial charge >= 0.3 is 0 Å². The number of nitriles is 1. The summed E-state index contributed by atoms with van der Waals surface area (Å²) < 4.78 is 0. The van der Waals surface area contributed by atoms with Crippen molar-refractivity contribution in [1.29, 1.82) is 5.26 Å². The van der Waals surface area contributed by atoms with Gasteiger partial charge in [0.05, 0.1) is 6.07 Å². The molecule has 0 spiro atoms.